The smallest absolute Gasteiger partial charge is 0.242 e. The van der Waals surface area contributed by atoms with Gasteiger partial charge in [0.15, 0.2) is 5.82 Å². The first-order valence-corrected chi connectivity index (χ1v) is 9.07. The van der Waals surface area contributed by atoms with Crippen molar-refractivity contribution in [3.05, 3.63) is 40.9 Å². The quantitative estimate of drug-likeness (QED) is 0.851. The molecule has 0 bridgehead atoms. The van der Waals surface area contributed by atoms with E-state index in [0.717, 1.165) is 6.42 Å². The third-order valence-corrected chi connectivity index (χ3v) is 5.94. The maximum Gasteiger partial charge on any atom is 0.242 e. The number of sulfonamides is 1. The Bertz CT molecular complexity index is 759. The van der Waals surface area contributed by atoms with Gasteiger partial charge in [-0.1, -0.05) is 23.7 Å². The molecule has 2 atom stereocenters. The summed E-state index contributed by atoms with van der Waals surface area (Å²) in [7, 11) is -3.69. The average molecular weight is 357 g/mol. The van der Waals surface area contributed by atoms with Gasteiger partial charge in [0.2, 0.25) is 10.0 Å². The molecular formula is C14H17ClN4O3S. The number of benzene rings is 1. The van der Waals surface area contributed by atoms with Crippen molar-refractivity contribution < 1.29 is 13.2 Å². The Morgan fingerprint density at radius 3 is 3.00 bits per heavy atom. The van der Waals surface area contributed by atoms with Gasteiger partial charge in [0.05, 0.1) is 5.02 Å². The summed E-state index contributed by atoms with van der Waals surface area (Å²) in [5, 5.41) is 6.80. The van der Waals surface area contributed by atoms with Gasteiger partial charge in [-0.3, -0.25) is 5.10 Å². The molecule has 0 aliphatic carbocycles. The van der Waals surface area contributed by atoms with E-state index >= 15 is 0 Å². The van der Waals surface area contributed by atoms with Crippen LogP contribution in [0.2, 0.25) is 5.02 Å². The topological polar surface area (TPSA) is 97.0 Å². The number of aromatic amines is 1. The molecule has 2 heterocycles. The first-order valence-electron chi connectivity index (χ1n) is 7.20. The van der Waals surface area contributed by atoms with Crippen LogP contribution in [0.25, 0.3) is 0 Å². The highest BCUT2D eigenvalue weighted by Gasteiger charge is 2.33. The molecule has 0 amide bonds. The van der Waals surface area contributed by atoms with Crippen molar-refractivity contribution in [1.82, 2.24) is 19.9 Å². The molecule has 23 heavy (non-hydrogen) atoms. The lowest BCUT2D eigenvalue weighted by Gasteiger charge is -2.17. The van der Waals surface area contributed by atoms with Gasteiger partial charge in [0, 0.05) is 19.1 Å². The van der Waals surface area contributed by atoms with Crippen LogP contribution in [0.1, 0.15) is 23.9 Å². The second kappa shape index (κ2) is 6.56. The minimum Gasteiger partial charge on any atom is -0.370 e. The number of rotatable bonds is 5. The van der Waals surface area contributed by atoms with Gasteiger partial charge in [-0.2, -0.15) is 5.10 Å². The van der Waals surface area contributed by atoms with Crippen LogP contribution in [0.5, 0.6) is 0 Å². The van der Waals surface area contributed by atoms with Gasteiger partial charge in [-0.05, 0) is 25.0 Å². The van der Waals surface area contributed by atoms with Crippen molar-refractivity contribution in [3.63, 3.8) is 0 Å². The molecule has 1 aliphatic rings. The summed E-state index contributed by atoms with van der Waals surface area (Å²) in [6.07, 6.45) is 1.87. The average Bonchev–Trinajstić information content (AvgIpc) is 3.16. The monoisotopic (exact) mass is 356 g/mol. The molecule has 0 saturated carbocycles. The fraction of sp³-hybridized carbons (Fsp3) is 0.429. The molecule has 1 aliphatic heterocycles. The number of aromatic nitrogens is 3. The zero-order valence-electron chi connectivity index (χ0n) is 12.5. The molecule has 9 heteroatoms. The van der Waals surface area contributed by atoms with E-state index < -0.39 is 10.0 Å². The van der Waals surface area contributed by atoms with Crippen molar-refractivity contribution in [2.75, 3.05) is 13.2 Å². The number of hydrogen-bond acceptors (Lipinski definition) is 5. The first-order chi connectivity index (χ1) is 11.0. The number of aryl methyl sites for hydroxylation is 1. The van der Waals surface area contributed by atoms with Gasteiger partial charge in [-0.25, -0.2) is 18.1 Å². The standard InChI is InChI=1S/C14H17ClN4O3S/c1-9-3-2-4-11(15)13(9)23(20,21)18-7-10-5-6-22-12(10)14-16-8-17-19-14/h2-4,8,10,12,18H,5-7H2,1H3,(H,16,17,19)/t10-,12-/m0/s1. The van der Waals surface area contributed by atoms with Crippen molar-refractivity contribution in [3.8, 4) is 0 Å². The SMILES string of the molecule is Cc1cccc(Cl)c1S(=O)(=O)NC[C@@H]1CCO[C@@H]1c1ncn[nH]1. The lowest BCUT2D eigenvalue weighted by atomic mass is 10.0. The molecule has 3 rings (SSSR count). The Balaban J connectivity index is 1.74. The fourth-order valence-corrected chi connectivity index (χ4v) is 4.66. The van der Waals surface area contributed by atoms with Crippen LogP contribution in [-0.2, 0) is 14.8 Å². The van der Waals surface area contributed by atoms with Gasteiger partial charge >= 0.3 is 0 Å². The number of halogens is 1. The van der Waals surface area contributed by atoms with Gasteiger partial charge in [0.1, 0.15) is 17.3 Å². The fourth-order valence-electron chi connectivity index (χ4n) is 2.74. The predicted molar refractivity (Wildman–Crippen MR) is 84.6 cm³/mol. The number of hydrogen-bond donors (Lipinski definition) is 2. The molecule has 0 radical (unpaired) electrons. The molecule has 124 valence electrons. The maximum absolute atomic E-state index is 12.6. The molecule has 2 aromatic rings. The first kappa shape index (κ1) is 16.4. The Hall–Kier alpha value is -1.48. The minimum absolute atomic E-state index is 0.0134. The van der Waals surface area contributed by atoms with E-state index in [-0.39, 0.29) is 28.5 Å². The van der Waals surface area contributed by atoms with Crippen molar-refractivity contribution in [2.45, 2.75) is 24.3 Å². The highest BCUT2D eigenvalue weighted by atomic mass is 35.5. The summed E-state index contributed by atoms with van der Waals surface area (Å²) in [5.74, 6) is 0.598. The number of ether oxygens (including phenoxy) is 1. The van der Waals surface area contributed by atoms with Crippen LogP contribution in [0.3, 0.4) is 0 Å². The summed E-state index contributed by atoms with van der Waals surface area (Å²) < 4.78 is 33.4. The zero-order chi connectivity index (χ0) is 16.4. The summed E-state index contributed by atoms with van der Waals surface area (Å²) in [6.45, 7) is 2.53. The summed E-state index contributed by atoms with van der Waals surface area (Å²) in [6, 6.07) is 5.01. The van der Waals surface area contributed by atoms with Crippen molar-refractivity contribution in [2.24, 2.45) is 5.92 Å². The summed E-state index contributed by atoms with van der Waals surface area (Å²) >= 11 is 6.05. The highest BCUT2D eigenvalue weighted by molar-refractivity contribution is 7.89. The summed E-state index contributed by atoms with van der Waals surface area (Å²) in [4.78, 5) is 4.21. The van der Waals surface area contributed by atoms with Gasteiger partial charge in [-0.15, -0.1) is 0 Å². The Kier molecular flexibility index (Phi) is 4.67. The third-order valence-electron chi connectivity index (χ3n) is 3.89. The van der Waals surface area contributed by atoms with Crippen LogP contribution in [0.15, 0.2) is 29.4 Å². The molecule has 0 spiro atoms. The molecule has 2 N–H and O–H groups in total. The van der Waals surface area contributed by atoms with E-state index in [1.54, 1.807) is 25.1 Å². The molecule has 1 saturated heterocycles. The van der Waals surface area contributed by atoms with E-state index in [0.29, 0.717) is 18.0 Å². The van der Waals surface area contributed by atoms with Crippen LogP contribution < -0.4 is 4.72 Å². The second-order valence-electron chi connectivity index (χ2n) is 5.45. The lowest BCUT2D eigenvalue weighted by Crippen LogP contribution is -2.31. The van der Waals surface area contributed by atoms with E-state index in [1.807, 2.05) is 0 Å². The van der Waals surface area contributed by atoms with E-state index in [1.165, 1.54) is 6.33 Å². The molecule has 7 nitrogen and oxygen atoms in total. The van der Waals surface area contributed by atoms with Gasteiger partial charge in [0.25, 0.3) is 0 Å². The van der Waals surface area contributed by atoms with E-state index in [9.17, 15) is 8.42 Å². The largest absolute Gasteiger partial charge is 0.370 e. The molecule has 1 aromatic carbocycles. The number of nitrogens with zero attached hydrogens (tertiary/aromatic N) is 2. The maximum atomic E-state index is 12.6. The second-order valence-corrected chi connectivity index (χ2v) is 7.56. The van der Waals surface area contributed by atoms with E-state index in [4.69, 9.17) is 16.3 Å². The Morgan fingerprint density at radius 1 is 1.48 bits per heavy atom. The number of H-pyrrole nitrogens is 1. The summed E-state index contributed by atoms with van der Waals surface area (Å²) in [5.41, 5.74) is 0.611. The van der Waals surface area contributed by atoms with E-state index in [2.05, 4.69) is 19.9 Å². The third kappa shape index (κ3) is 3.40. The van der Waals surface area contributed by atoms with Crippen molar-refractivity contribution >= 4 is 21.6 Å². The molecule has 0 unspecified atom stereocenters. The van der Waals surface area contributed by atoms with Crippen LogP contribution in [0.4, 0.5) is 0 Å². The molecule has 1 aromatic heterocycles. The lowest BCUT2D eigenvalue weighted by molar-refractivity contribution is 0.0848. The molecular weight excluding hydrogens is 340 g/mol. The highest BCUT2D eigenvalue weighted by Crippen LogP contribution is 2.32. The zero-order valence-corrected chi connectivity index (χ0v) is 14.1. The van der Waals surface area contributed by atoms with Gasteiger partial charge < -0.3 is 4.74 Å². The van der Waals surface area contributed by atoms with Crippen molar-refractivity contribution in [1.29, 1.82) is 0 Å². The minimum atomic E-state index is -3.69. The van der Waals surface area contributed by atoms with Crippen LogP contribution in [0, 0.1) is 12.8 Å². The molecule has 1 fully saturated rings. The predicted octanol–water partition coefficient (Wildman–Crippen LogP) is 1.82. The Morgan fingerprint density at radius 2 is 2.30 bits per heavy atom. The van der Waals surface area contributed by atoms with Crippen LogP contribution in [-0.4, -0.2) is 36.8 Å². The normalized spacial score (nSPS) is 21.7. The van der Waals surface area contributed by atoms with Crippen LogP contribution >= 0.6 is 11.6 Å². The Labute approximate surface area is 139 Å². The number of nitrogens with one attached hydrogen (secondary N) is 2.